The summed E-state index contributed by atoms with van der Waals surface area (Å²) in [5.74, 6) is -2.87. The number of carbonyl (C=O) groups is 1. The van der Waals surface area contributed by atoms with Gasteiger partial charge in [0.25, 0.3) is 0 Å². The molecule has 1 aromatic carbocycles. The first-order valence-electron chi connectivity index (χ1n) is 5.63. The van der Waals surface area contributed by atoms with E-state index in [0.29, 0.717) is 0 Å². The molecule has 1 saturated heterocycles. The maximum atomic E-state index is 13.4. The smallest absolute Gasteiger partial charge is 0.227 e. The zero-order chi connectivity index (χ0) is 15.1. The van der Waals surface area contributed by atoms with Crippen LogP contribution in [0.1, 0.15) is 6.42 Å². The molecule has 1 aromatic rings. The van der Waals surface area contributed by atoms with Gasteiger partial charge in [0.2, 0.25) is 15.9 Å². The molecule has 9 heteroatoms. The highest BCUT2D eigenvalue weighted by Gasteiger charge is 2.33. The zero-order valence-corrected chi connectivity index (χ0v) is 12.5. The number of rotatable bonds is 3. The van der Waals surface area contributed by atoms with Gasteiger partial charge in [-0.2, -0.15) is 0 Å². The Hall–Kier alpha value is -1.06. The Morgan fingerprint density at radius 3 is 2.40 bits per heavy atom. The van der Waals surface area contributed by atoms with Crippen LogP contribution in [0.25, 0.3) is 0 Å². The summed E-state index contributed by atoms with van der Waals surface area (Å²) >= 11 is 2.74. The minimum Gasteiger partial charge on any atom is -0.312 e. The van der Waals surface area contributed by atoms with Gasteiger partial charge in [0.05, 0.1) is 10.2 Å². The third kappa shape index (κ3) is 3.33. The van der Waals surface area contributed by atoms with Crippen LogP contribution in [0.5, 0.6) is 0 Å². The molecule has 0 spiro atoms. The molecule has 1 unspecified atom stereocenters. The predicted octanol–water partition coefficient (Wildman–Crippen LogP) is 1.37. The molecule has 0 bridgehead atoms. The van der Waals surface area contributed by atoms with E-state index in [4.69, 9.17) is 5.14 Å². The fraction of sp³-hybridized carbons (Fsp3) is 0.364. The van der Waals surface area contributed by atoms with Crippen molar-refractivity contribution in [3.05, 3.63) is 28.2 Å². The highest BCUT2D eigenvalue weighted by molar-refractivity contribution is 9.10. The van der Waals surface area contributed by atoms with Gasteiger partial charge in [0.1, 0.15) is 11.6 Å². The molecule has 20 heavy (non-hydrogen) atoms. The number of amides is 1. The second-order valence-corrected chi connectivity index (χ2v) is 7.08. The molecule has 1 heterocycles. The molecular formula is C11H11BrF2N2O3S. The molecule has 0 saturated carbocycles. The topological polar surface area (TPSA) is 80.5 Å². The van der Waals surface area contributed by atoms with Gasteiger partial charge in [-0.25, -0.2) is 22.3 Å². The lowest BCUT2D eigenvalue weighted by atomic mass is 10.1. The number of benzene rings is 1. The maximum absolute atomic E-state index is 13.4. The molecule has 2 rings (SSSR count). The van der Waals surface area contributed by atoms with Crippen LogP contribution in [-0.2, 0) is 14.8 Å². The molecule has 5 nitrogen and oxygen atoms in total. The Balaban J connectivity index is 2.24. The third-order valence-corrected chi connectivity index (χ3v) is 4.65. The Morgan fingerprint density at radius 2 is 1.90 bits per heavy atom. The molecule has 0 aliphatic carbocycles. The van der Waals surface area contributed by atoms with Crippen molar-refractivity contribution < 1.29 is 22.0 Å². The highest BCUT2D eigenvalue weighted by Crippen LogP contribution is 2.30. The molecule has 1 fully saturated rings. The van der Waals surface area contributed by atoms with E-state index in [9.17, 15) is 22.0 Å². The lowest BCUT2D eigenvalue weighted by Gasteiger charge is -2.17. The van der Waals surface area contributed by atoms with Crippen LogP contribution in [0.15, 0.2) is 16.6 Å². The molecule has 0 aromatic heterocycles. The van der Waals surface area contributed by atoms with Crippen molar-refractivity contribution >= 4 is 37.5 Å². The van der Waals surface area contributed by atoms with E-state index in [0.717, 1.165) is 17.0 Å². The summed E-state index contributed by atoms with van der Waals surface area (Å²) < 4.78 is 48.6. The van der Waals surface area contributed by atoms with Crippen LogP contribution in [0, 0.1) is 17.6 Å². The van der Waals surface area contributed by atoms with Gasteiger partial charge in [0, 0.05) is 24.6 Å². The Kier molecular flexibility index (Phi) is 4.12. The van der Waals surface area contributed by atoms with Gasteiger partial charge in [0.15, 0.2) is 0 Å². The summed E-state index contributed by atoms with van der Waals surface area (Å²) in [6.45, 7) is 0.0653. The largest absolute Gasteiger partial charge is 0.312 e. The van der Waals surface area contributed by atoms with E-state index < -0.39 is 27.6 Å². The number of anilines is 1. The van der Waals surface area contributed by atoms with Crippen LogP contribution in [-0.4, -0.2) is 26.6 Å². The molecule has 1 aliphatic heterocycles. The second kappa shape index (κ2) is 5.38. The Morgan fingerprint density at radius 1 is 1.35 bits per heavy atom. The first kappa shape index (κ1) is 15.3. The average Bonchev–Trinajstić information content (AvgIpc) is 2.63. The van der Waals surface area contributed by atoms with E-state index in [2.05, 4.69) is 15.9 Å². The van der Waals surface area contributed by atoms with E-state index in [-0.39, 0.29) is 34.8 Å². The number of nitrogens with zero attached hydrogens (tertiary/aromatic N) is 1. The number of halogens is 3. The summed E-state index contributed by atoms with van der Waals surface area (Å²) in [6.07, 6.45) is -0.0181. The Labute approximate surface area is 122 Å². The summed E-state index contributed by atoms with van der Waals surface area (Å²) in [4.78, 5) is 13.0. The third-order valence-electron chi connectivity index (χ3n) is 2.95. The molecule has 110 valence electrons. The van der Waals surface area contributed by atoms with Crippen LogP contribution in [0.2, 0.25) is 0 Å². The minimum absolute atomic E-state index is 0.0181. The molecule has 2 N–H and O–H groups in total. The molecular weight excluding hydrogens is 358 g/mol. The van der Waals surface area contributed by atoms with E-state index in [1.807, 2.05) is 0 Å². The molecule has 1 atom stereocenters. The monoisotopic (exact) mass is 368 g/mol. The average molecular weight is 369 g/mol. The first-order chi connectivity index (χ1) is 9.17. The normalized spacial score (nSPS) is 19.7. The number of hydrogen-bond donors (Lipinski definition) is 1. The van der Waals surface area contributed by atoms with Crippen LogP contribution in [0.4, 0.5) is 14.5 Å². The first-order valence-corrected chi connectivity index (χ1v) is 8.13. The fourth-order valence-corrected chi connectivity index (χ4v) is 3.28. The standard InChI is InChI=1S/C11H11BrF2N2O3S/c12-11-8(13)2-7(3-9(11)14)16-4-6(1-10(16)17)5-20(15,18)19/h2-3,6H,1,4-5H2,(H2,15,18,19). The van der Waals surface area contributed by atoms with Crippen molar-refractivity contribution in [3.63, 3.8) is 0 Å². The number of primary sulfonamides is 1. The van der Waals surface area contributed by atoms with Crippen molar-refractivity contribution in [1.29, 1.82) is 0 Å². The highest BCUT2D eigenvalue weighted by atomic mass is 79.9. The van der Waals surface area contributed by atoms with Crippen LogP contribution in [0.3, 0.4) is 0 Å². The van der Waals surface area contributed by atoms with Crippen molar-refractivity contribution in [2.75, 3.05) is 17.2 Å². The van der Waals surface area contributed by atoms with E-state index >= 15 is 0 Å². The van der Waals surface area contributed by atoms with Gasteiger partial charge in [-0.3, -0.25) is 4.79 Å². The maximum Gasteiger partial charge on any atom is 0.227 e. The SMILES string of the molecule is NS(=O)(=O)CC1CC(=O)N(c2cc(F)c(Br)c(F)c2)C1. The van der Waals surface area contributed by atoms with Crippen LogP contribution < -0.4 is 10.0 Å². The quantitative estimate of drug-likeness (QED) is 0.818. The van der Waals surface area contributed by atoms with Gasteiger partial charge in [-0.05, 0) is 28.1 Å². The van der Waals surface area contributed by atoms with Crippen molar-refractivity contribution in [2.45, 2.75) is 6.42 Å². The second-order valence-electron chi connectivity index (χ2n) is 4.63. The van der Waals surface area contributed by atoms with Gasteiger partial charge in [-0.15, -0.1) is 0 Å². The van der Waals surface area contributed by atoms with Crippen molar-refractivity contribution in [1.82, 2.24) is 0 Å². The molecule has 1 amide bonds. The summed E-state index contributed by atoms with van der Waals surface area (Å²) in [5, 5.41) is 4.93. The number of carbonyl (C=O) groups excluding carboxylic acids is 1. The lowest BCUT2D eigenvalue weighted by Crippen LogP contribution is -2.27. The van der Waals surface area contributed by atoms with Gasteiger partial charge in [-0.1, -0.05) is 0 Å². The van der Waals surface area contributed by atoms with Gasteiger partial charge >= 0.3 is 0 Å². The van der Waals surface area contributed by atoms with Crippen molar-refractivity contribution in [3.8, 4) is 0 Å². The van der Waals surface area contributed by atoms with Crippen molar-refractivity contribution in [2.24, 2.45) is 11.1 Å². The minimum atomic E-state index is -3.69. The summed E-state index contributed by atoms with van der Waals surface area (Å²) in [5.41, 5.74) is 0.0603. The zero-order valence-electron chi connectivity index (χ0n) is 10.1. The lowest BCUT2D eigenvalue weighted by molar-refractivity contribution is -0.117. The summed E-state index contributed by atoms with van der Waals surface area (Å²) in [6, 6.07) is 2.04. The van der Waals surface area contributed by atoms with Gasteiger partial charge < -0.3 is 4.90 Å². The summed E-state index contributed by atoms with van der Waals surface area (Å²) in [7, 11) is -3.69. The number of hydrogen-bond acceptors (Lipinski definition) is 3. The number of sulfonamides is 1. The predicted molar refractivity (Wildman–Crippen MR) is 72.5 cm³/mol. The Bertz CT molecular complexity index is 643. The van der Waals surface area contributed by atoms with E-state index in [1.165, 1.54) is 0 Å². The fourth-order valence-electron chi connectivity index (χ4n) is 2.17. The molecule has 0 radical (unpaired) electrons. The number of nitrogens with two attached hydrogens (primary N) is 1. The molecule has 1 aliphatic rings. The van der Waals surface area contributed by atoms with Crippen LogP contribution >= 0.6 is 15.9 Å². The van der Waals surface area contributed by atoms with E-state index in [1.54, 1.807) is 0 Å².